The first-order chi connectivity index (χ1) is 10.6. The molecule has 142 valence electrons. The van der Waals surface area contributed by atoms with Crippen LogP contribution < -0.4 is 0 Å². The second-order valence-corrected chi connectivity index (χ2v) is 18.7. The van der Waals surface area contributed by atoms with E-state index in [9.17, 15) is 4.79 Å². The molecule has 0 bridgehead atoms. The number of aldehydes is 1. The first-order valence-corrected chi connectivity index (χ1v) is 14.5. The molecule has 0 aromatic heterocycles. The molecule has 24 heavy (non-hydrogen) atoms. The van der Waals surface area contributed by atoms with Crippen molar-refractivity contribution in [3.8, 4) is 6.07 Å². The lowest BCUT2D eigenvalue weighted by Gasteiger charge is -2.35. The van der Waals surface area contributed by atoms with Gasteiger partial charge in [0, 0.05) is 19.6 Å². The molecule has 0 N–H and O–H groups in total. The highest BCUT2D eigenvalue weighted by atomic mass is 28.4. The van der Waals surface area contributed by atoms with Gasteiger partial charge in [0.15, 0.2) is 16.6 Å². The molecule has 0 amide bonds. The minimum absolute atomic E-state index is 0.246. The predicted octanol–water partition coefficient (Wildman–Crippen LogP) is 5.52. The summed E-state index contributed by atoms with van der Waals surface area (Å²) in [5.41, 5.74) is 0. The summed E-state index contributed by atoms with van der Waals surface area (Å²) in [6.45, 7) is 23.1. The van der Waals surface area contributed by atoms with E-state index >= 15 is 0 Å². The van der Waals surface area contributed by atoms with Crippen LogP contribution in [0.15, 0.2) is 0 Å². The summed E-state index contributed by atoms with van der Waals surface area (Å²) in [5, 5.41) is 8.85. The Balaban J connectivity index is 0. The van der Waals surface area contributed by atoms with Crippen molar-refractivity contribution < 1.29 is 13.6 Å². The third-order valence-corrected chi connectivity index (χ3v) is 14.1. The molecule has 4 nitrogen and oxygen atoms in total. The summed E-state index contributed by atoms with van der Waals surface area (Å²) in [6.07, 6.45) is 1.94. The molecule has 0 aromatic rings. The second-order valence-electron chi connectivity index (χ2n) is 9.08. The zero-order chi connectivity index (χ0) is 19.7. The lowest BCUT2D eigenvalue weighted by atomic mass is 10.2. The van der Waals surface area contributed by atoms with Gasteiger partial charge < -0.3 is 13.6 Å². The standard InChI is InChI=1S/C9H19NOSi.C9H20O2Si/c2*1-9(2,3)12(4,5)11-8-6-7-10/h6,8H2,1-5H3;7H,6,8H2,1-5H3. The summed E-state index contributed by atoms with van der Waals surface area (Å²) in [7, 11) is -3.19. The third-order valence-electron chi connectivity index (χ3n) is 4.99. The van der Waals surface area contributed by atoms with Crippen LogP contribution >= 0.6 is 0 Å². The summed E-state index contributed by atoms with van der Waals surface area (Å²) >= 11 is 0. The molecule has 0 rings (SSSR count). The van der Waals surface area contributed by atoms with Crippen LogP contribution in [0.3, 0.4) is 0 Å². The first-order valence-electron chi connectivity index (χ1n) is 8.71. The van der Waals surface area contributed by atoms with Crippen molar-refractivity contribution in [1.82, 2.24) is 0 Å². The highest BCUT2D eigenvalue weighted by Gasteiger charge is 2.37. The van der Waals surface area contributed by atoms with Crippen LogP contribution in [0, 0.1) is 11.3 Å². The van der Waals surface area contributed by atoms with E-state index in [1.54, 1.807) is 0 Å². The topological polar surface area (TPSA) is 59.3 Å². The Labute approximate surface area is 152 Å². The minimum Gasteiger partial charge on any atom is -0.416 e. The van der Waals surface area contributed by atoms with Gasteiger partial charge in [0.25, 0.3) is 0 Å². The van der Waals surface area contributed by atoms with Crippen molar-refractivity contribution >= 4 is 22.9 Å². The molecule has 0 radical (unpaired) electrons. The smallest absolute Gasteiger partial charge is 0.192 e. The zero-order valence-electron chi connectivity index (χ0n) is 17.6. The SMILES string of the molecule is CC(C)(C)[Si](C)(C)OCCC#N.CC(C)(C)[Si](C)(C)OCCC=O. The lowest BCUT2D eigenvalue weighted by molar-refractivity contribution is -0.108. The fourth-order valence-corrected chi connectivity index (χ4v) is 3.25. The van der Waals surface area contributed by atoms with Crippen LogP contribution in [0.25, 0.3) is 0 Å². The molecule has 0 heterocycles. The average Bonchev–Trinajstić information content (AvgIpc) is 2.37. The molecule has 0 aliphatic carbocycles. The quantitative estimate of drug-likeness (QED) is 0.335. The van der Waals surface area contributed by atoms with Gasteiger partial charge in [0.05, 0.1) is 12.5 Å². The Morgan fingerprint density at radius 2 is 1.25 bits per heavy atom. The zero-order valence-corrected chi connectivity index (χ0v) is 19.6. The van der Waals surface area contributed by atoms with Gasteiger partial charge >= 0.3 is 0 Å². The van der Waals surface area contributed by atoms with Gasteiger partial charge in [-0.25, -0.2) is 0 Å². The van der Waals surface area contributed by atoms with E-state index in [0.29, 0.717) is 26.1 Å². The van der Waals surface area contributed by atoms with E-state index in [-0.39, 0.29) is 10.1 Å². The normalized spacial score (nSPS) is 12.9. The Kier molecular flexibility index (Phi) is 11.3. The summed E-state index contributed by atoms with van der Waals surface area (Å²) < 4.78 is 11.5. The van der Waals surface area contributed by atoms with E-state index in [1.165, 1.54) is 0 Å². The largest absolute Gasteiger partial charge is 0.416 e. The molecule has 0 aliphatic rings. The highest BCUT2D eigenvalue weighted by molar-refractivity contribution is 6.74. The molecule has 0 saturated carbocycles. The summed E-state index contributed by atoms with van der Waals surface area (Å²) in [6, 6.07) is 2.09. The van der Waals surface area contributed by atoms with Gasteiger partial charge in [-0.2, -0.15) is 5.26 Å². The number of carbonyl (C=O) groups excluding carboxylic acids is 1. The summed E-state index contributed by atoms with van der Waals surface area (Å²) in [4.78, 5) is 10.1. The Morgan fingerprint density at radius 1 is 0.875 bits per heavy atom. The Bertz CT molecular complexity index is 402. The second kappa shape index (κ2) is 10.5. The van der Waals surface area contributed by atoms with Crippen LogP contribution in [0.1, 0.15) is 54.4 Å². The van der Waals surface area contributed by atoms with Crippen molar-refractivity contribution in [3.63, 3.8) is 0 Å². The summed E-state index contributed by atoms with van der Waals surface area (Å²) in [5.74, 6) is 0. The van der Waals surface area contributed by atoms with Gasteiger partial charge in [0.1, 0.15) is 6.29 Å². The average molecular weight is 374 g/mol. The fraction of sp³-hybridized carbons (Fsp3) is 0.889. The fourth-order valence-electron chi connectivity index (χ4n) is 1.15. The predicted molar refractivity (Wildman–Crippen MR) is 107 cm³/mol. The molecule has 0 aliphatic heterocycles. The molecule has 0 unspecified atom stereocenters. The van der Waals surface area contributed by atoms with Crippen LogP contribution in [-0.2, 0) is 13.6 Å². The number of hydrogen-bond donors (Lipinski definition) is 0. The van der Waals surface area contributed by atoms with Crippen LogP contribution in [0.5, 0.6) is 0 Å². The molecular weight excluding hydrogens is 334 g/mol. The molecule has 0 aromatic carbocycles. The monoisotopic (exact) mass is 373 g/mol. The number of hydrogen-bond acceptors (Lipinski definition) is 4. The van der Waals surface area contributed by atoms with Crippen LogP contribution in [0.4, 0.5) is 0 Å². The maximum absolute atomic E-state index is 10.1. The third kappa shape index (κ3) is 10.4. The van der Waals surface area contributed by atoms with Crippen molar-refractivity contribution in [3.05, 3.63) is 0 Å². The Morgan fingerprint density at radius 3 is 1.54 bits per heavy atom. The molecule has 0 atom stereocenters. The maximum atomic E-state index is 10.1. The van der Waals surface area contributed by atoms with Gasteiger partial charge in [-0.1, -0.05) is 41.5 Å². The van der Waals surface area contributed by atoms with Gasteiger partial charge in [0.2, 0.25) is 0 Å². The lowest BCUT2D eigenvalue weighted by Crippen LogP contribution is -2.41. The van der Waals surface area contributed by atoms with Gasteiger partial charge in [-0.05, 0) is 36.3 Å². The van der Waals surface area contributed by atoms with Crippen molar-refractivity contribution in [2.75, 3.05) is 13.2 Å². The molecule has 0 spiro atoms. The minimum atomic E-state index is -1.60. The maximum Gasteiger partial charge on any atom is 0.192 e. The van der Waals surface area contributed by atoms with Gasteiger partial charge in [-0.15, -0.1) is 0 Å². The van der Waals surface area contributed by atoms with E-state index in [1.807, 2.05) is 0 Å². The highest BCUT2D eigenvalue weighted by Crippen LogP contribution is 2.37. The van der Waals surface area contributed by atoms with Gasteiger partial charge in [-0.3, -0.25) is 0 Å². The molecule has 0 saturated heterocycles. The first kappa shape index (κ1) is 25.8. The van der Waals surface area contributed by atoms with Crippen molar-refractivity contribution in [2.45, 2.75) is 90.6 Å². The number of nitrogens with zero attached hydrogens (tertiary/aromatic N) is 1. The number of carbonyl (C=O) groups is 1. The molecule has 0 fully saturated rings. The van der Waals surface area contributed by atoms with Crippen molar-refractivity contribution in [2.24, 2.45) is 0 Å². The van der Waals surface area contributed by atoms with E-state index < -0.39 is 16.6 Å². The Hall–Kier alpha value is -0.486. The van der Waals surface area contributed by atoms with Crippen molar-refractivity contribution in [1.29, 1.82) is 5.26 Å². The van der Waals surface area contributed by atoms with E-state index in [0.717, 1.165) is 6.29 Å². The van der Waals surface area contributed by atoms with Crippen LogP contribution in [-0.4, -0.2) is 36.1 Å². The number of rotatable bonds is 7. The van der Waals surface area contributed by atoms with Crippen LogP contribution in [0.2, 0.25) is 36.3 Å². The van der Waals surface area contributed by atoms with E-state index in [2.05, 4.69) is 73.8 Å². The van der Waals surface area contributed by atoms with E-state index in [4.69, 9.17) is 14.1 Å². The molecular formula is C18H39NO3Si2. The molecule has 6 heteroatoms. The number of nitriles is 1.